The molecular weight excluding hydrogens is 741 g/mol. The van der Waals surface area contributed by atoms with Crippen LogP contribution in [0.2, 0.25) is 0 Å². The summed E-state index contributed by atoms with van der Waals surface area (Å²) in [7, 11) is 0. The van der Waals surface area contributed by atoms with Gasteiger partial charge in [-0.05, 0) is 47.2 Å². The van der Waals surface area contributed by atoms with Gasteiger partial charge < -0.3 is 51.6 Å². The zero-order valence-corrected chi connectivity index (χ0v) is 33.3. The number of para-hydroxylation sites is 2. The zero-order valence-electron chi connectivity index (χ0n) is 33.3. The van der Waals surface area contributed by atoms with Crippen LogP contribution in [0.25, 0.3) is 0 Å². The van der Waals surface area contributed by atoms with Gasteiger partial charge in [-0.3, -0.25) is 9.59 Å². The topological polar surface area (TPSA) is 199 Å². The van der Waals surface area contributed by atoms with Crippen molar-refractivity contribution in [3.8, 4) is 0 Å². The molecule has 0 saturated carbocycles. The molecule has 58 heavy (non-hydrogen) atoms. The van der Waals surface area contributed by atoms with E-state index in [0.717, 1.165) is 11.1 Å². The van der Waals surface area contributed by atoms with E-state index >= 15 is 0 Å². The molecular formula is C44H56N6O8. The third-order valence-corrected chi connectivity index (χ3v) is 9.30. The van der Waals surface area contributed by atoms with Gasteiger partial charge in [0.05, 0.1) is 12.1 Å². The van der Waals surface area contributed by atoms with E-state index in [1.165, 1.54) is 0 Å². The molecule has 0 radical (unpaired) electrons. The lowest BCUT2D eigenvalue weighted by Gasteiger charge is -2.35. The van der Waals surface area contributed by atoms with Crippen LogP contribution >= 0.6 is 0 Å². The molecule has 4 rings (SSSR count). The molecule has 14 nitrogen and oxygen atoms in total. The highest BCUT2D eigenvalue weighted by Gasteiger charge is 2.37. The van der Waals surface area contributed by atoms with Crippen molar-refractivity contribution < 1.29 is 38.9 Å². The molecule has 0 aromatic heterocycles. The third-order valence-electron chi connectivity index (χ3n) is 9.30. The molecule has 0 heterocycles. The van der Waals surface area contributed by atoms with Gasteiger partial charge in [0.25, 0.3) is 0 Å². The Morgan fingerprint density at radius 1 is 0.483 bits per heavy atom. The van der Waals surface area contributed by atoms with E-state index in [2.05, 4.69) is 31.9 Å². The van der Waals surface area contributed by atoms with Crippen LogP contribution in [0.1, 0.15) is 38.8 Å². The van der Waals surface area contributed by atoms with Gasteiger partial charge in [0.1, 0.15) is 37.5 Å². The Hall–Kier alpha value is -6.12. The van der Waals surface area contributed by atoms with Crippen LogP contribution in [0.3, 0.4) is 0 Å². The van der Waals surface area contributed by atoms with E-state index in [1.807, 2.05) is 97.1 Å². The molecule has 6 atom stereocenters. The van der Waals surface area contributed by atoms with Crippen molar-refractivity contribution in [2.24, 2.45) is 11.8 Å². The number of amides is 4. The molecule has 8 N–H and O–H groups in total. The summed E-state index contributed by atoms with van der Waals surface area (Å²) in [6.45, 7) is 6.91. The molecule has 0 aliphatic rings. The summed E-state index contributed by atoms with van der Waals surface area (Å²) in [5.74, 6) is -2.04. The molecule has 0 unspecified atom stereocenters. The summed E-state index contributed by atoms with van der Waals surface area (Å²) in [6.07, 6.45) is -4.93. The van der Waals surface area contributed by atoms with Crippen molar-refractivity contribution in [2.45, 2.75) is 77.3 Å². The first kappa shape index (κ1) is 44.6. The first-order chi connectivity index (χ1) is 27.9. The van der Waals surface area contributed by atoms with Crippen molar-refractivity contribution in [1.29, 1.82) is 0 Å². The monoisotopic (exact) mass is 796 g/mol. The SMILES string of the molecule is CC(C)[C@H](NC(=O)OCc1ccccc1)C(=O)N[C@@H](CNc1ccccc1)[C@@H](O)[C@H](O)[C@H](CNc1ccccc1)NC(=O)[C@@H](NC(=O)OCc1ccccc1)C(C)C. The molecule has 0 bridgehead atoms. The molecule has 0 aliphatic heterocycles. The lowest BCUT2D eigenvalue weighted by molar-refractivity contribution is -0.129. The molecule has 4 aromatic carbocycles. The van der Waals surface area contributed by atoms with Gasteiger partial charge in [-0.2, -0.15) is 0 Å². The van der Waals surface area contributed by atoms with E-state index in [1.54, 1.807) is 52.0 Å². The van der Waals surface area contributed by atoms with Gasteiger partial charge in [0, 0.05) is 24.5 Å². The molecule has 0 fully saturated rings. The Morgan fingerprint density at radius 3 is 1.10 bits per heavy atom. The van der Waals surface area contributed by atoms with Crippen LogP contribution < -0.4 is 31.9 Å². The number of aliphatic hydroxyl groups excluding tert-OH is 2. The molecule has 0 aliphatic carbocycles. The van der Waals surface area contributed by atoms with Crippen LogP contribution in [0.15, 0.2) is 121 Å². The number of rotatable bonds is 21. The molecule has 4 aromatic rings. The number of carbonyl (C=O) groups is 4. The minimum absolute atomic E-state index is 0.000180. The Morgan fingerprint density at radius 2 is 0.793 bits per heavy atom. The van der Waals surface area contributed by atoms with E-state index in [9.17, 15) is 29.4 Å². The van der Waals surface area contributed by atoms with Crippen LogP contribution in [0.5, 0.6) is 0 Å². The van der Waals surface area contributed by atoms with Crippen molar-refractivity contribution in [1.82, 2.24) is 21.3 Å². The van der Waals surface area contributed by atoms with Crippen LogP contribution in [-0.2, 0) is 32.3 Å². The maximum Gasteiger partial charge on any atom is 0.408 e. The maximum atomic E-state index is 13.9. The number of alkyl carbamates (subject to hydrolysis) is 2. The van der Waals surface area contributed by atoms with Gasteiger partial charge >= 0.3 is 12.2 Å². The van der Waals surface area contributed by atoms with Crippen LogP contribution in [0.4, 0.5) is 21.0 Å². The zero-order chi connectivity index (χ0) is 41.9. The predicted molar refractivity (Wildman–Crippen MR) is 223 cm³/mol. The summed E-state index contributed by atoms with van der Waals surface area (Å²) in [5, 5.41) is 41.0. The number of hydrogen-bond donors (Lipinski definition) is 8. The smallest absolute Gasteiger partial charge is 0.408 e. The fraction of sp³-hybridized carbons (Fsp3) is 0.364. The molecule has 0 saturated heterocycles. The van der Waals surface area contributed by atoms with Crippen molar-refractivity contribution in [3.63, 3.8) is 0 Å². The quantitative estimate of drug-likeness (QED) is 0.0580. The average Bonchev–Trinajstić information content (AvgIpc) is 3.23. The first-order valence-corrected chi connectivity index (χ1v) is 19.4. The first-order valence-electron chi connectivity index (χ1n) is 19.4. The van der Waals surface area contributed by atoms with E-state index < -0.39 is 72.2 Å². The number of aliphatic hydroxyl groups is 2. The Balaban J connectivity index is 1.52. The number of nitrogens with one attached hydrogen (secondary N) is 6. The fourth-order valence-corrected chi connectivity index (χ4v) is 5.96. The molecule has 14 heteroatoms. The average molecular weight is 797 g/mol. The number of carbonyl (C=O) groups excluding carboxylic acids is 4. The number of anilines is 2. The minimum Gasteiger partial charge on any atom is -0.445 e. The van der Waals surface area contributed by atoms with Gasteiger partial charge in [-0.25, -0.2) is 9.59 Å². The van der Waals surface area contributed by atoms with Gasteiger partial charge in [0.2, 0.25) is 11.8 Å². The molecule has 310 valence electrons. The second-order valence-electron chi connectivity index (χ2n) is 14.6. The Labute approximate surface area is 340 Å². The highest BCUT2D eigenvalue weighted by atomic mass is 16.6. The number of hydrogen-bond acceptors (Lipinski definition) is 10. The van der Waals surface area contributed by atoms with Gasteiger partial charge in [0.15, 0.2) is 0 Å². The second-order valence-corrected chi connectivity index (χ2v) is 14.6. The number of benzene rings is 4. The molecule has 0 spiro atoms. The van der Waals surface area contributed by atoms with Crippen molar-refractivity contribution in [3.05, 3.63) is 132 Å². The lowest BCUT2D eigenvalue weighted by atomic mass is 9.96. The highest BCUT2D eigenvalue weighted by molar-refractivity contribution is 5.87. The fourth-order valence-electron chi connectivity index (χ4n) is 5.96. The summed E-state index contributed by atoms with van der Waals surface area (Å²) in [5.41, 5.74) is 2.92. The third kappa shape index (κ3) is 14.8. The van der Waals surface area contributed by atoms with Gasteiger partial charge in [-0.1, -0.05) is 125 Å². The van der Waals surface area contributed by atoms with E-state index in [4.69, 9.17) is 9.47 Å². The summed E-state index contributed by atoms with van der Waals surface area (Å²) < 4.78 is 10.7. The van der Waals surface area contributed by atoms with Crippen LogP contribution in [-0.4, -0.2) is 83.7 Å². The highest BCUT2D eigenvalue weighted by Crippen LogP contribution is 2.15. The predicted octanol–water partition coefficient (Wildman–Crippen LogP) is 4.80. The number of ether oxygens (including phenoxy) is 2. The Bertz CT molecular complexity index is 1700. The van der Waals surface area contributed by atoms with Crippen molar-refractivity contribution in [2.75, 3.05) is 23.7 Å². The second kappa shape index (κ2) is 23.2. The summed E-state index contributed by atoms with van der Waals surface area (Å²) in [4.78, 5) is 53.4. The normalized spacial score (nSPS) is 14.1. The lowest BCUT2D eigenvalue weighted by Crippen LogP contribution is -2.63. The van der Waals surface area contributed by atoms with E-state index in [-0.39, 0.29) is 26.3 Å². The van der Waals surface area contributed by atoms with Gasteiger partial charge in [-0.15, -0.1) is 0 Å². The van der Waals surface area contributed by atoms with E-state index in [0.29, 0.717) is 11.4 Å². The Kier molecular flexibility index (Phi) is 17.8. The maximum absolute atomic E-state index is 13.9. The summed E-state index contributed by atoms with van der Waals surface area (Å²) >= 11 is 0. The largest absolute Gasteiger partial charge is 0.445 e. The standard InChI is InChI=1S/C44H56N6O8/c1-29(2)37(49-43(55)57-27-31-17-9-5-10-18-31)41(53)47-35(25-45-33-21-13-7-14-22-33)39(51)40(52)36(26-46-34-23-15-8-16-24-34)48-42(54)38(30(3)4)50-44(56)58-28-32-19-11-6-12-20-32/h5-24,29-30,35-40,45-46,51-52H,25-28H2,1-4H3,(H,47,53)(H,48,54)(H,49,55)(H,50,56)/t35-,36-,37-,38-,39+,40+/m0/s1. The van der Waals surface area contributed by atoms with Crippen molar-refractivity contribution >= 4 is 35.4 Å². The summed E-state index contributed by atoms with van der Waals surface area (Å²) in [6, 6.07) is 32.0. The van der Waals surface area contributed by atoms with Crippen LogP contribution in [0, 0.1) is 11.8 Å². The minimum atomic E-state index is -1.66. The molecule has 4 amide bonds.